The molecular weight excluding hydrogens is 255 g/mol. The third-order valence-electron chi connectivity index (χ3n) is 2.10. The van der Waals surface area contributed by atoms with E-state index in [0.717, 1.165) is 24.3 Å². The molecule has 0 aliphatic rings. The van der Waals surface area contributed by atoms with Gasteiger partial charge in [0.1, 0.15) is 0 Å². The number of benzene rings is 1. The highest BCUT2D eigenvalue weighted by molar-refractivity contribution is 7.90. The van der Waals surface area contributed by atoms with Crippen molar-refractivity contribution in [3.63, 3.8) is 0 Å². The lowest BCUT2D eigenvalue weighted by Crippen LogP contribution is -2.17. The molecule has 0 aliphatic heterocycles. The summed E-state index contributed by atoms with van der Waals surface area (Å²) < 4.78 is 59.5. The van der Waals surface area contributed by atoms with Crippen LogP contribution in [0.4, 0.5) is 13.2 Å². The molecule has 0 radical (unpaired) electrons. The lowest BCUT2D eigenvalue weighted by atomic mass is 10.1. The maximum absolute atomic E-state index is 12.2. The van der Waals surface area contributed by atoms with Crippen molar-refractivity contribution < 1.29 is 21.6 Å². The Morgan fingerprint density at radius 1 is 1.12 bits per heavy atom. The Morgan fingerprint density at radius 3 is 2.06 bits per heavy atom. The van der Waals surface area contributed by atoms with Crippen LogP contribution in [-0.4, -0.2) is 20.7 Å². The van der Waals surface area contributed by atoms with E-state index in [0.29, 0.717) is 5.56 Å². The molecule has 0 fully saturated rings. The summed E-state index contributed by atoms with van der Waals surface area (Å²) in [6.07, 6.45) is -4.41. The first kappa shape index (κ1) is 14.0. The summed E-state index contributed by atoms with van der Waals surface area (Å²) in [5.74, 6) is -0.462. The predicted octanol–water partition coefficient (Wildman–Crippen LogP) is 1.58. The second kappa shape index (κ2) is 5.05. The summed E-state index contributed by atoms with van der Waals surface area (Å²) >= 11 is 0. The molecular formula is C10H12F3NO2S. The van der Waals surface area contributed by atoms with Crippen LogP contribution in [0.25, 0.3) is 0 Å². The molecule has 3 nitrogen and oxygen atoms in total. The van der Waals surface area contributed by atoms with Crippen LogP contribution in [0.2, 0.25) is 0 Å². The molecule has 0 heterocycles. The van der Waals surface area contributed by atoms with Crippen molar-refractivity contribution >= 4 is 9.84 Å². The van der Waals surface area contributed by atoms with E-state index in [4.69, 9.17) is 5.73 Å². The monoisotopic (exact) mass is 267 g/mol. The quantitative estimate of drug-likeness (QED) is 0.901. The number of hydrogen-bond acceptors (Lipinski definition) is 3. The van der Waals surface area contributed by atoms with Crippen LogP contribution >= 0.6 is 0 Å². The van der Waals surface area contributed by atoms with Crippen LogP contribution in [-0.2, 0) is 21.8 Å². The molecule has 0 amide bonds. The first-order valence-electron chi connectivity index (χ1n) is 4.81. The van der Waals surface area contributed by atoms with Crippen molar-refractivity contribution in [2.24, 2.45) is 5.73 Å². The Labute approximate surface area is 97.4 Å². The summed E-state index contributed by atoms with van der Waals surface area (Å²) in [6, 6.07) is 4.06. The number of halogens is 3. The minimum atomic E-state index is -4.41. The van der Waals surface area contributed by atoms with Crippen molar-refractivity contribution in [3.8, 4) is 0 Å². The SMILES string of the molecule is NCCS(=O)(=O)Cc1ccc(C(F)(F)F)cc1. The molecule has 0 aliphatic carbocycles. The van der Waals surface area contributed by atoms with Crippen LogP contribution in [0.3, 0.4) is 0 Å². The predicted molar refractivity (Wildman–Crippen MR) is 58.0 cm³/mol. The summed E-state index contributed by atoms with van der Waals surface area (Å²) in [7, 11) is -3.34. The number of rotatable bonds is 4. The van der Waals surface area contributed by atoms with Gasteiger partial charge in [-0.2, -0.15) is 13.2 Å². The fraction of sp³-hybridized carbons (Fsp3) is 0.400. The fourth-order valence-electron chi connectivity index (χ4n) is 1.30. The highest BCUT2D eigenvalue weighted by Gasteiger charge is 2.30. The summed E-state index contributed by atoms with van der Waals surface area (Å²) in [5.41, 5.74) is 4.65. The van der Waals surface area contributed by atoms with Crippen molar-refractivity contribution in [2.75, 3.05) is 12.3 Å². The lowest BCUT2D eigenvalue weighted by molar-refractivity contribution is -0.137. The number of alkyl halides is 3. The highest BCUT2D eigenvalue weighted by Crippen LogP contribution is 2.29. The van der Waals surface area contributed by atoms with E-state index in [1.54, 1.807) is 0 Å². The van der Waals surface area contributed by atoms with Crippen molar-refractivity contribution in [2.45, 2.75) is 11.9 Å². The van der Waals surface area contributed by atoms with Crippen LogP contribution in [0.1, 0.15) is 11.1 Å². The summed E-state index contributed by atoms with van der Waals surface area (Å²) in [5, 5.41) is 0. The van der Waals surface area contributed by atoms with Gasteiger partial charge < -0.3 is 5.73 Å². The maximum atomic E-state index is 12.2. The van der Waals surface area contributed by atoms with Gasteiger partial charge >= 0.3 is 6.18 Å². The Kier molecular flexibility index (Phi) is 4.16. The normalized spacial score (nSPS) is 12.7. The van der Waals surface area contributed by atoms with Crippen LogP contribution in [0.5, 0.6) is 0 Å². The molecule has 0 aromatic heterocycles. The second-order valence-corrected chi connectivity index (χ2v) is 5.76. The van der Waals surface area contributed by atoms with Gasteiger partial charge in [0.25, 0.3) is 0 Å². The smallest absolute Gasteiger partial charge is 0.329 e. The third-order valence-corrected chi connectivity index (χ3v) is 3.73. The van der Waals surface area contributed by atoms with Gasteiger partial charge in [-0.3, -0.25) is 0 Å². The Morgan fingerprint density at radius 2 is 1.65 bits per heavy atom. The second-order valence-electron chi connectivity index (χ2n) is 3.58. The first-order valence-corrected chi connectivity index (χ1v) is 6.63. The molecule has 1 aromatic carbocycles. The Bertz CT molecular complexity index is 465. The minimum absolute atomic E-state index is 0.00294. The molecule has 2 N–H and O–H groups in total. The van der Waals surface area contributed by atoms with Crippen molar-refractivity contribution in [1.29, 1.82) is 0 Å². The van der Waals surface area contributed by atoms with Crippen molar-refractivity contribution in [3.05, 3.63) is 35.4 Å². The van der Waals surface area contributed by atoms with E-state index in [1.165, 1.54) is 0 Å². The molecule has 0 saturated heterocycles. The summed E-state index contributed by atoms with van der Waals surface area (Å²) in [6.45, 7) is 0.00294. The first-order chi connectivity index (χ1) is 7.74. The van der Waals surface area contributed by atoms with E-state index < -0.39 is 21.6 Å². The average molecular weight is 267 g/mol. The molecule has 96 valence electrons. The van der Waals surface area contributed by atoms with Gasteiger partial charge in [-0.05, 0) is 17.7 Å². The minimum Gasteiger partial charge on any atom is -0.329 e. The lowest BCUT2D eigenvalue weighted by Gasteiger charge is -2.07. The zero-order valence-electron chi connectivity index (χ0n) is 8.87. The zero-order valence-corrected chi connectivity index (χ0v) is 9.68. The molecule has 0 saturated carbocycles. The van der Waals surface area contributed by atoms with Gasteiger partial charge in [0.15, 0.2) is 9.84 Å². The molecule has 1 aromatic rings. The van der Waals surface area contributed by atoms with Gasteiger partial charge in [-0.25, -0.2) is 8.42 Å². The molecule has 0 spiro atoms. The molecule has 17 heavy (non-hydrogen) atoms. The van der Waals surface area contributed by atoms with Gasteiger partial charge in [-0.1, -0.05) is 12.1 Å². The fourth-order valence-corrected chi connectivity index (χ4v) is 2.50. The van der Waals surface area contributed by atoms with Crippen LogP contribution < -0.4 is 5.73 Å². The van der Waals surface area contributed by atoms with Gasteiger partial charge in [-0.15, -0.1) is 0 Å². The van der Waals surface area contributed by atoms with E-state index in [-0.39, 0.29) is 18.1 Å². The zero-order chi connectivity index (χ0) is 13.1. The average Bonchev–Trinajstić information content (AvgIpc) is 2.16. The molecule has 0 bridgehead atoms. The van der Waals surface area contributed by atoms with Crippen LogP contribution in [0, 0.1) is 0 Å². The van der Waals surface area contributed by atoms with Crippen LogP contribution in [0.15, 0.2) is 24.3 Å². The van der Waals surface area contributed by atoms with E-state index in [2.05, 4.69) is 0 Å². The molecule has 0 atom stereocenters. The van der Waals surface area contributed by atoms with Gasteiger partial charge in [0.05, 0.1) is 17.1 Å². The van der Waals surface area contributed by atoms with Crippen molar-refractivity contribution in [1.82, 2.24) is 0 Å². The number of sulfone groups is 1. The van der Waals surface area contributed by atoms with E-state index in [9.17, 15) is 21.6 Å². The van der Waals surface area contributed by atoms with E-state index in [1.807, 2.05) is 0 Å². The maximum Gasteiger partial charge on any atom is 0.416 e. The van der Waals surface area contributed by atoms with Gasteiger partial charge in [0.2, 0.25) is 0 Å². The Balaban J connectivity index is 2.83. The topological polar surface area (TPSA) is 60.2 Å². The van der Waals surface area contributed by atoms with E-state index >= 15 is 0 Å². The molecule has 1 rings (SSSR count). The van der Waals surface area contributed by atoms with Gasteiger partial charge in [0, 0.05) is 6.54 Å². The number of nitrogens with two attached hydrogens (primary N) is 1. The standard InChI is InChI=1S/C10H12F3NO2S/c11-10(12,13)9-3-1-8(2-4-9)7-17(15,16)6-5-14/h1-4H,5-7,14H2. The molecule has 7 heteroatoms. The number of hydrogen-bond donors (Lipinski definition) is 1. The highest BCUT2D eigenvalue weighted by atomic mass is 32.2. The summed E-state index contributed by atoms with van der Waals surface area (Å²) in [4.78, 5) is 0. The third kappa shape index (κ3) is 4.35. The Hall–Kier alpha value is -1.08. The largest absolute Gasteiger partial charge is 0.416 e. The molecule has 0 unspecified atom stereocenters.